The van der Waals surface area contributed by atoms with Gasteiger partial charge in [0.15, 0.2) is 0 Å². The molecule has 0 bridgehead atoms. The van der Waals surface area contributed by atoms with E-state index in [1.54, 1.807) is 0 Å². The molecule has 7 aromatic carbocycles. The number of hydrogen-bond acceptors (Lipinski definition) is 2. The molecule has 52 heavy (non-hydrogen) atoms. The molecule has 0 fully saturated rings. The fourth-order valence-electron chi connectivity index (χ4n) is 7.98. The van der Waals surface area contributed by atoms with Gasteiger partial charge in [0.05, 0.1) is 5.69 Å². The Morgan fingerprint density at radius 2 is 0.788 bits per heavy atom. The molecule has 0 aliphatic heterocycles. The van der Waals surface area contributed by atoms with Crippen LogP contribution < -0.4 is 9.80 Å². The third-order valence-corrected chi connectivity index (χ3v) is 11.6. The number of anilines is 6. The monoisotopic (exact) mass is 680 g/mol. The molecular formula is C50H52N2. The van der Waals surface area contributed by atoms with Crippen molar-refractivity contribution in [1.29, 1.82) is 0 Å². The highest BCUT2D eigenvalue weighted by atomic mass is 15.1. The van der Waals surface area contributed by atoms with E-state index in [1.807, 2.05) is 0 Å². The van der Waals surface area contributed by atoms with Crippen LogP contribution in [0.15, 0.2) is 109 Å². The standard InChI is InChI=1S/C50H52N2/c1-11-39-17-20-42(27-35(39)7)51(45-23-31(3)37(9)32(4)24-45)44-22-19-41-29-50(48-16-14-13-15-47(48)49(41)30-44)52(43-21-18-40(12-2)36(8)28-43)46-25-33(5)38(10)34(6)26-46/h13-30H,11-12H2,1-10H3. The first-order valence-electron chi connectivity index (χ1n) is 18.9. The summed E-state index contributed by atoms with van der Waals surface area (Å²) in [5, 5.41) is 4.95. The smallest absolute Gasteiger partial charge is 0.0546 e. The van der Waals surface area contributed by atoms with Gasteiger partial charge in [0, 0.05) is 33.8 Å². The second-order valence-electron chi connectivity index (χ2n) is 14.9. The van der Waals surface area contributed by atoms with Crippen molar-refractivity contribution < 1.29 is 0 Å². The van der Waals surface area contributed by atoms with Crippen LogP contribution in [0.3, 0.4) is 0 Å². The van der Waals surface area contributed by atoms with E-state index in [1.165, 1.54) is 106 Å². The highest BCUT2D eigenvalue weighted by Crippen LogP contribution is 2.45. The molecule has 262 valence electrons. The molecule has 0 atom stereocenters. The summed E-state index contributed by atoms with van der Waals surface area (Å²) >= 11 is 0. The highest BCUT2D eigenvalue weighted by Gasteiger charge is 2.21. The lowest BCUT2D eigenvalue weighted by atomic mass is 9.96. The van der Waals surface area contributed by atoms with Crippen LogP contribution >= 0.6 is 0 Å². The lowest BCUT2D eigenvalue weighted by molar-refractivity contribution is 1.10. The van der Waals surface area contributed by atoms with E-state index in [4.69, 9.17) is 0 Å². The van der Waals surface area contributed by atoms with Crippen molar-refractivity contribution in [3.8, 4) is 0 Å². The van der Waals surface area contributed by atoms with Crippen LogP contribution in [0.4, 0.5) is 34.1 Å². The Labute approximate surface area is 311 Å². The fraction of sp³-hybridized carbons (Fsp3) is 0.240. The Bertz CT molecular complexity index is 2440. The van der Waals surface area contributed by atoms with Crippen LogP contribution in [0.5, 0.6) is 0 Å². The molecule has 0 spiro atoms. The molecule has 2 nitrogen and oxygen atoms in total. The molecular weight excluding hydrogens is 629 g/mol. The fourth-order valence-corrected chi connectivity index (χ4v) is 7.98. The van der Waals surface area contributed by atoms with Gasteiger partial charge in [0.2, 0.25) is 0 Å². The SMILES string of the molecule is CCc1ccc(N(c2cc(C)c(C)c(C)c2)c2ccc3cc(N(c4ccc(CC)c(C)c4)c4cc(C)c(C)c(C)c4)c4ccccc4c3c2)cc1C. The number of aryl methyl sites for hydroxylation is 8. The molecule has 0 unspecified atom stereocenters. The van der Waals surface area contributed by atoms with E-state index in [0.717, 1.165) is 18.5 Å². The summed E-state index contributed by atoms with van der Waals surface area (Å²) in [6, 6.07) is 41.7. The Balaban J connectivity index is 1.48. The second kappa shape index (κ2) is 14.0. The molecule has 7 rings (SSSR count). The van der Waals surface area contributed by atoms with E-state index in [2.05, 4.69) is 188 Å². The molecule has 0 heterocycles. The number of fused-ring (bicyclic) bond motifs is 3. The molecule has 0 saturated heterocycles. The Kier molecular flexibility index (Phi) is 9.44. The van der Waals surface area contributed by atoms with Crippen LogP contribution in [0, 0.1) is 55.4 Å². The van der Waals surface area contributed by atoms with E-state index < -0.39 is 0 Å². The number of benzene rings is 7. The first-order valence-corrected chi connectivity index (χ1v) is 18.9. The summed E-state index contributed by atoms with van der Waals surface area (Å²) in [5.74, 6) is 0. The van der Waals surface area contributed by atoms with Gasteiger partial charge in [-0.05, 0) is 207 Å². The molecule has 2 heteroatoms. The van der Waals surface area contributed by atoms with Crippen molar-refractivity contribution in [1.82, 2.24) is 0 Å². The normalized spacial score (nSPS) is 11.4. The van der Waals surface area contributed by atoms with Crippen LogP contribution in [0.25, 0.3) is 21.5 Å². The molecule has 0 saturated carbocycles. The van der Waals surface area contributed by atoms with Crippen molar-refractivity contribution in [3.63, 3.8) is 0 Å². The van der Waals surface area contributed by atoms with Crippen LogP contribution in [0.2, 0.25) is 0 Å². The van der Waals surface area contributed by atoms with Gasteiger partial charge in [-0.1, -0.05) is 56.3 Å². The van der Waals surface area contributed by atoms with E-state index >= 15 is 0 Å². The van der Waals surface area contributed by atoms with Gasteiger partial charge in [0.1, 0.15) is 0 Å². The van der Waals surface area contributed by atoms with Crippen LogP contribution in [-0.4, -0.2) is 0 Å². The van der Waals surface area contributed by atoms with Gasteiger partial charge in [-0.25, -0.2) is 0 Å². The molecule has 0 aliphatic rings. The van der Waals surface area contributed by atoms with Gasteiger partial charge >= 0.3 is 0 Å². The third kappa shape index (κ3) is 6.26. The van der Waals surface area contributed by atoms with Crippen molar-refractivity contribution in [2.75, 3.05) is 9.80 Å². The summed E-state index contributed by atoms with van der Waals surface area (Å²) in [4.78, 5) is 4.92. The topological polar surface area (TPSA) is 6.48 Å². The van der Waals surface area contributed by atoms with Crippen molar-refractivity contribution in [2.24, 2.45) is 0 Å². The maximum Gasteiger partial charge on any atom is 0.0546 e. The van der Waals surface area contributed by atoms with Gasteiger partial charge in [-0.2, -0.15) is 0 Å². The molecule has 0 radical (unpaired) electrons. The minimum atomic E-state index is 1.02. The quantitative estimate of drug-likeness (QED) is 0.147. The number of hydrogen-bond donors (Lipinski definition) is 0. The Morgan fingerprint density at radius 3 is 1.29 bits per heavy atom. The predicted octanol–water partition coefficient (Wildman–Crippen LogP) is 14.5. The minimum Gasteiger partial charge on any atom is -0.310 e. The summed E-state index contributed by atoms with van der Waals surface area (Å²) in [7, 11) is 0. The lowest BCUT2D eigenvalue weighted by Crippen LogP contribution is -2.13. The zero-order chi connectivity index (χ0) is 36.8. The molecule has 0 aromatic heterocycles. The lowest BCUT2D eigenvalue weighted by Gasteiger charge is -2.30. The first-order chi connectivity index (χ1) is 25.0. The zero-order valence-corrected chi connectivity index (χ0v) is 32.7. The van der Waals surface area contributed by atoms with Crippen molar-refractivity contribution in [2.45, 2.75) is 82.1 Å². The average molecular weight is 681 g/mol. The van der Waals surface area contributed by atoms with Gasteiger partial charge in [0.25, 0.3) is 0 Å². The molecule has 7 aromatic rings. The molecule has 0 amide bonds. The summed E-state index contributed by atoms with van der Waals surface area (Å²) < 4.78 is 0. The summed E-state index contributed by atoms with van der Waals surface area (Å²) in [6.45, 7) is 22.3. The largest absolute Gasteiger partial charge is 0.310 e. The summed E-state index contributed by atoms with van der Waals surface area (Å²) in [5.41, 5.74) is 20.4. The van der Waals surface area contributed by atoms with Crippen LogP contribution in [0.1, 0.15) is 69.5 Å². The Hall–Kier alpha value is -5.34. The maximum atomic E-state index is 2.48. The highest BCUT2D eigenvalue weighted by molar-refractivity contribution is 6.15. The van der Waals surface area contributed by atoms with E-state index in [9.17, 15) is 0 Å². The van der Waals surface area contributed by atoms with Gasteiger partial charge in [-0.15, -0.1) is 0 Å². The zero-order valence-electron chi connectivity index (χ0n) is 32.7. The summed E-state index contributed by atoms with van der Waals surface area (Å²) in [6.07, 6.45) is 2.05. The molecule has 0 aliphatic carbocycles. The average Bonchev–Trinajstić information content (AvgIpc) is 3.13. The Morgan fingerprint density at radius 1 is 0.365 bits per heavy atom. The van der Waals surface area contributed by atoms with E-state index in [-0.39, 0.29) is 0 Å². The predicted molar refractivity (Wildman–Crippen MR) is 227 cm³/mol. The molecule has 0 N–H and O–H groups in total. The number of nitrogens with zero attached hydrogens (tertiary/aromatic N) is 2. The van der Waals surface area contributed by atoms with E-state index in [0.29, 0.717) is 0 Å². The van der Waals surface area contributed by atoms with Crippen molar-refractivity contribution >= 4 is 55.7 Å². The maximum absolute atomic E-state index is 2.48. The van der Waals surface area contributed by atoms with Crippen molar-refractivity contribution in [3.05, 3.63) is 165 Å². The third-order valence-electron chi connectivity index (χ3n) is 11.6. The van der Waals surface area contributed by atoms with Gasteiger partial charge in [-0.3, -0.25) is 0 Å². The van der Waals surface area contributed by atoms with Gasteiger partial charge < -0.3 is 9.80 Å². The minimum absolute atomic E-state index is 1.02. The van der Waals surface area contributed by atoms with Crippen LogP contribution in [-0.2, 0) is 12.8 Å². The number of rotatable bonds is 8. The second-order valence-corrected chi connectivity index (χ2v) is 14.9. The first kappa shape index (κ1) is 35.1.